The van der Waals surface area contributed by atoms with E-state index in [0.717, 1.165) is 38.0 Å². The van der Waals surface area contributed by atoms with Gasteiger partial charge in [0.25, 0.3) is 0 Å². The van der Waals surface area contributed by atoms with E-state index in [9.17, 15) is 4.79 Å². The minimum Gasteiger partial charge on any atom is -0.459 e. The average molecular weight is 324 g/mol. The van der Waals surface area contributed by atoms with Gasteiger partial charge < -0.3 is 10.5 Å². The van der Waals surface area contributed by atoms with E-state index in [2.05, 4.69) is 29.2 Å². The van der Waals surface area contributed by atoms with E-state index in [1.54, 1.807) is 12.1 Å². The topological polar surface area (TPSA) is 55.6 Å². The highest BCUT2D eigenvalue weighted by atomic mass is 16.5. The number of rotatable bonds is 4. The zero-order valence-corrected chi connectivity index (χ0v) is 14.1. The molecule has 4 nitrogen and oxygen atoms in total. The maximum Gasteiger partial charge on any atom is 0.340 e. The van der Waals surface area contributed by atoms with Gasteiger partial charge in [0, 0.05) is 25.3 Å². The second kappa shape index (κ2) is 7.49. The van der Waals surface area contributed by atoms with Gasteiger partial charge in [-0.25, -0.2) is 4.79 Å². The molecule has 1 heterocycles. The van der Waals surface area contributed by atoms with Gasteiger partial charge in [-0.2, -0.15) is 0 Å². The van der Waals surface area contributed by atoms with Crippen LogP contribution in [0.15, 0.2) is 48.5 Å². The SMILES string of the molecule is Cc1ccc(C(=O)OC2CCN(Cc3ccccc3)CC2)c(N)c1. The van der Waals surface area contributed by atoms with Gasteiger partial charge in [0.2, 0.25) is 0 Å². The first-order valence-electron chi connectivity index (χ1n) is 8.45. The van der Waals surface area contributed by atoms with Crippen molar-refractivity contribution in [3.8, 4) is 0 Å². The monoisotopic (exact) mass is 324 g/mol. The zero-order valence-electron chi connectivity index (χ0n) is 14.1. The summed E-state index contributed by atoms with van der Waals surface area (Å²) in [6.07, 6.45) is 1.71. The summed E-state index contributed by atoms with van der Waals surface area (Å²) in [6.45, 7) is 4.78. The van der Waals surface area contributed by atoms with Gasteiger partial charge in [0.05, 0.1) is 5.56 Å². The minimum absolute atomic E-state index is 0.0229. The van der Waals surface area contributed by atoms with Crippen molar-refractivity contribution in [1.29, 1.82) is 0 Å². The maximum atomic E-state index is 12.3. The zero-order chi connectivity index (χ0) is 16.9. The molecule has 3 rings (SSSR count). The van der Waals surface area contributed by atoms with E-state index in [1.807, 2.05) is 19.1 Å². The van der Waals surface area contributed by atoms with E-state index in [4.69, 9.17) is 10.5 Å². The molecule has 1 aliphatic rings. The summed E-state index contributed by atoms with van der Waals surface area (Å²) in [5.41, 5.74) is 9.24. The largest absolute Gasteiger partial charge is 0.459 e. The fourth-order valence-electron chi connectivity index (χ4n) is 3.11. The number of nitrogen functional groups attached to an aromatic ring is 1. The molecule has 1 fully saturated rings. The Hall–Kier alpha value is -2.33. The van der Waals surface area contributed by atoms with E-state index in [0.29, 0.717) is 11.3 Å². The molecule has 0 aliphatic carbocycles. The average Bonchev–Trinajstić information content (AvgIpc) is 2.57. The molecule has 1 aliphatic heterocycles. The van der Waals surface area contributed by atoms with Crippen LogP contribution in [0.25, 0.3) is 0 Å². The summed E-state index contributed by atoms with van der Waals surface area (Å²) < 4.78 is 5.65. The number of benzene rings is 2. The Morgan fingerprint density at radius 2 is 1.88 bits per heavy atom. The fraction of sp³-hybridized carbons (Fsp3) is 0.350. The summed E-state index contributed by atoms with van der Waals surface area (Å²) in [4.78, 5) is 14.7. The smallest absolute Gasteiger partial charge is 0.340 e. The lowest BCUT2D eigenvalue weighted by atomic mass is 10.1. The van der Waals surface area contributed by atoms with E-state index >= 15 is 0 Å². The lowest BCUT2D eigenvalue weighted by Crippen LogP contribution is -2.37. The highest BCUT2D eigenvalue weighted by Gasteiger charge is 2.23. The number of nitrogens with zero attached hydrogens (tertiary/aromatic N) is 1. The van der Waals surface area contributed by atoms with Crippen LogP contribution in [0, 0.1) is 6.92 Å². The number of piperidine rings is 1. The van der Waals surface area contributed by atoms with Crippen LogP contribution < -0.4 is 5.73 Å². The molecule has 2 aromatic rings. The summed E-state index contributed by atoms with van der Waals surface area (Å²) in [5.74, 6) is -0.311. The predicted octanol–water partition coefficient (Wildman–Crippen LogP) is 3.40. The van der Waals surface area contributed by atoms with Crippen LogP contribution in [0.5, 0.6) is 0 Å². The molecule has 126 valence electrons. The Balaban J connectivity index is 1.51. The first kappa shape index (κ1) is 16.5. The molecule has 0 radical (unpaired) electrons. The van der Waals surface area contributed by atoms with Crippen molar-refractivity contribution in [3.63, 3.8) is 0 Å². The van der Waals surface area contributed by atoms with Gasteiger partial charge >= 0.3 is 5.97 Å². The molecule has 0 saturated carbocycles. The summed E-state index contributed by atoms with van der Waals surface area (Å²) in [6, 6.07) is 15.9. The number of carbonyl (C=O) groups is 1. The molecule has 0 spiro atoms. The van der Waals surface area contributed by atoms with E-state index in [-0.39, 0.29) is 12.1 Å². The molecule has 4 heteroatoms. The van der Waals surface area contributed by atoms with Crippen LogP contribution in [-0.4, -0.2) is 30.1 Å². The molecule has 24 heavy (non-hydrogen) atoms. The van der Waals surface area contributed by atoms with Gasteiger partial charge in [0.1, 0.15) is 6.10 Å². The van der Waals surface area contributed by atoms with Gasteiger partial charge in [-0.1, -0.05) is 36.4 Å². The molecule has 1 saturated heterocycles. The quantitative estimate of drug-likeness (QED) is 0.692. The second-order valence-corrected chi connectivity index (χ2v) is 6.46. The normalized spacial score (nSPS) is 16.0. The van der Waals surface area contributed by atoms with Gasteiger partial charge in [-0.15, -0.1) is 0 Å². The summed E-state index contributed by atoms with van der Waals surface area (Å²) in [5, 5.41) is 0. The van der Waals surface area contributed by atoms with Crippen molar-refractivity contribution in [2.24, 2.45) is 0 Å². The van der Waals surface area contributed by atoms with Gasteiger partial charge in [-0.3, -0.25) is 4.90 Å². The predicted molar refractivity (Wildman–Crippen MR) is 95.7 cm³/mol. The van der Waals surface area contributed by atoms with Crippen LogP contribution in [-0.2, 0) is 11.3 Å². The number of hydrogen-bond donors (Lipinski definition) is 1. The van der Waals surface area contributed by atoms with Gasteiger partial charge in [0.15, 0.2) is 0 Å². The lowest BCUT2D eigenvalue weighted by molar-refractivity contribution is 0.0105. The highest BCUT2D eigenvalue weighted by molar-refractivity contribution is 5.95. The molecule has 0 unspecified atom stereocenters. The van der Waals surface area contributed by atoms with Crippen LogP contribution >= 0.6 is 0 Å². The number of likely N-dealkylation sites (tertiary alicyclic amines) is 1. The third-order valence-electron chi connectivity index (χ3n) is 4.48. The van der Waals surface area contributed by atoms with Crippen molar-refractivity contribution in [1.82, 2.24) is 4.90 Å². The number of nitrogens with two attached hydrogens (primary N) is 1. The van der Waals surface area contributed by atoms with Crippen LogP contribution in [0.4, 0.5) is 5.69 Å². The third-order valence-corrected chi connectivity index (χ3v) is 4.48. The number of esters is 1. The Labute approximate surface area is 143 Å². The van der Waals surface area contributed by atoms with Crippen LogP contribution in [0.3, 0.4) is 0 Å². The van der Waals surface area contributed by atoms with E-state index in [1.165, 1.54) is 5.56 Å². The molecule has 0 aromatic heterocycles. The van der Waals surface area contributed by atoms with Crippen LogP contribution in [0.2, 0.25) is 0 Å². The van der Waals surface area contributed by atoms with Crippen molar-refractivity contribution in [2.45, 2.75) is 32.4 Å². The van der Waals surface area contributed by atoms with E-state index < -0.39 is 0 Å². The van der Waals surface area contributed by atoms with Crippen LogP contribution in [0.1, 0.15) is 34.3 Å². The van der Waals surface area contributed by atoms with Crippen molar-refractivity contribution >= 4 is 11.7 Å². The van der Waals surface area contributed by atoms with Crippen molar-refractivity contribution in [3.05, 3.63) is 65.2 Å². The molecular weight excluding hydrogens is 300 g/mol. The fourth-order valence-corrected chi connectivity index (χ4v) is 3.11. The first-order chi connectivity index (χ1) is 11.6. The summed E-state index contributed by atoms with van der Waals surface area (Å²) >= 11 is 0. The van der Waals surface area contributed by atoms with Crippen molar-refractivity contribution in [2.75, 3.05) is 18.8 Å². The molecule has 2 N–H and O–H groups in total. The molecule has 0 bridgehead atoms. The Morgan fingerprint density at radius 1 is 1.17 bits per heavy atom. The van der Waals surface area contributed by atoms with Gasteiger partial charge in [-0.05, 0) is 43.0 Å². The number of anilines is 1. The summed E-state index contributed by atoms with van der Waals surface area (Å²) in [7, 11) is 0. The number of carbonyl (C=O) groups excluding carboxylic acids is 1. The second-order valence-electron chi connectivity index (χ2n) is 6.46. The molecule has 0 atom stereocenters. The van der Waals surface area contributed by atoms with Crippen molar-refractivity contribution < 1.29 is 9.53 Å². The molecule has 0 amide bonds. The lowest BCUT2D eigenvalue weighted by Gasteiger charge is -2.31. The molecule has 2 aromatic carbocycles. The highest BCUT2D eigenvalue weighted by Crippen LogP contribution is 2.20. The minimum atomic E-state index is -0.311. The Bertz CT molecular complexity index is 692. The first-order valence-corrected chi connectivity index (χ1v) is 8.45. The number of ether oxygens (including phenoxy) is 1. The molecular formula is C20H24N2O2. The standard InChI is InChI=1S/C20H24N2O2/c1-15-7-8-18(19(21)13-15)20(23)24-17-9-11-22(12-10-17)14-16-5-3-2-4-6-16/h2-8,13,17H,9-12,14,21H2,1H3. The Morgan fingerprint density at radius 3 is 2.54 bits per heavy atom. The number of aryl methyl sites for hydroxylation is 1. The maximum absolute atomic E-state index is 12.3. The Kier molecular flexibility index (Phi) is 5.16. The third kappa shape index (κ3) is 4.15. The number of hydrogen-bond acceptors (Lipinski definition) is 4.